The summed E-state index contributed by atoms with van der Waals surface area (Å²) in [5, 5.41) is 0. The van der Waals surface area contributed by atoms with Gasteiger partial charge in [-0.3, -0.25) is 0 Å². The molecule has 0 saturated carbocycles. The van der Waals surface area contributed by atoms with E-state index in [-0.39, 0.29) is 0 Å². The lowest BCUT2D eigenvalue weighted by atomic mass is 10.1. The average Bonchev–Trinajstić information content (AvgIpc) is 2.88. The van der Waals surface area contributed by atoms with Gasteiger partial charge in [-0.25, -0.2) is 4.98 Å². The van der Waals surface area contributed by atoms with Crippen LogP contribution in [0.3, 0.4) is 0 Å². The first-order valence-corrected chi connectivity index (χ1v) is 8.24. The largest absolute Gasteiger partial charge is 0.441 e. The number of aromatic nitrogens is 1. The summed E-state index contributed by atoms with van der Waals surface area (Å²) in [5.74, 6) is 0.897. The first-order valence-electron chi connectivity index (χ1n) is 8.24. The Labute approximate surface area is 122 Å². The van der Waals surface area contributed by atoms with Crippen molar-refractivity contribution in [1.82, 2.24) is 4.98 Å². The number of para-hydroxylation sites is 2. The monoisotopic (exact) mass is 273 g/mol. The summed E-state index contributed by atoms with van der Waals surface area (Å²) in [6.07, 6.45) is 13.2. The molecule has 2 aromatic rings. The molecule has 0 amide bonds. The number of hydrogen-bond donors (Lipinski definition) is 0. The predicted molar refractivity (Wildman–Crippen MR) is 84.9 cm³/mol. The van der Waals surface area contributed by atoms with Gasteiger partial charge in [0.05, 0.1) is 0 Å². The molecule has 1 aromatic carbocycles. The minimum Gasteiger partial charge on any atom is -0.441 e. The van der Waals surface area contributed by atoms with Gasteiger partial charge in [-0.05, 0) is 18.6 Å². The third kappa shape index (κ3) is 4.99. The van der Waals surface area contributed by atoms with Crippen molar-refractivity contribution in [2.75, 3.05) is 0 Å². The van der Waals surface area contributed by atoms with Crippen molar-refractivity contribution in [2.45, 2.75) is 71.1 Å². The quantitative estimate of drug-likeness (QED) is 0.503. The number of aryl methyl sites for hydroxylation is 1. The maximum atomic E-state index is 5.73. The summed E-state index contributed by atoms with van der Waals surface area (Å²) < 4.78 is 5.73. The van der Waals surface area contributed by atoms with Crippen LogP contribution in [0.5, 0.6) is 0 Å². The Balaban J connectivity index is 1.55. The molecule has 110 valence electrons. The highest BCUT2D eigenvalue weighted by Crippen LogP contribution is 2.17. The molecule has 0 aliphatic carbocycles. The number of unbranched alkanes of at least 4 members (excludes halogenated alkanes) is 8. The maximum Gasteiger partial charge on any atom is 0.195 e. The average molecular weight is 273 g/mol. The molecular formula is C18H27NO. The fourth-order valence-electron chi connectivity index (χ4n) is 2.61. The molecule has 0 bridgehead atoms. The van der Waals surface area contributed by atoms with Crippen LogP contribution in [-0.2, 0) is 6.42 Å². The van der Waals surface area contributed by atoms with E-state index in [0.717, 1.165) is 23.4 Å². The van der Waals surface area contributed by atoms with Crippen molar-refractivity contribution in [3.8, 4) is 0 Å². The lowest BCUT2D eigenvalue weighted by Crippen LogP contribution is -1.86. The molecule has 20 heavy (non-hydrogen) atoms. The van der Waals surface area contributed by atoms with E-state index in [0.29, 0.717) is 0 Å². The van der Waals surface area contributed by atoms with Crippen molar-refractivity contribution in [1.29, 1.82) is 0 Å². The molecule has 0 aliphatic rings. The summed E-state index contributed by atoms with van der Waals surface area (Å²) in [6, 6.07) is 8.00. The van der Waals surface area contributed by atoms with Crippen LogP contribution >= 0.6 is 0 Å². The van der Waals surface area contributed by atoms with Gasteiger partial charge in [-0.1, -0.05) is 70.4 Å². The first kappa shape index (κ1) is 15.1. The second kappa shape index (κ2) is 8.78. The zero-order valence-electron chi connectivity index (χ0n) is 12.7. The Morgan fingerprint density at radius 3 is 2.20 bits per heavy atom. The second-order valence-corrected chi connectivity index (χ2v) is 5.65. The van der Waals surface area contributed by atoms with E-state index >= 15 is 0 Å². The van der Waals surface area contributed by atoms with Crippen molar-refractivity contribution in [3.63, 3.8) is 0 Å². The summed E-state index contributed by atoms with van der Waals surface area (Å²) in [4.78, 5) is 4.51. The molecule has 0 saturated heterocycles. The second-order valence-electron chi connectivity index (χ2n) is 5.65. The molecule has 0 unspecified atom stereocenters. The smallest absolute Gasteiger partial charge is 0.195 e. The van der Waals surface area contributed by atoms with Gasteiger partial charge < -0.3 is 4.42 Å². The van der Waals surface area contributed by atoms with Crippen LogP contribution in [0, 0.1) is 0 Å². The summed E-state index contributed by atoms with van der Waals surface area (Å²) in [7, 11) is 0. The van der Waals surface area contributed by atoms with Gasteiger partial charge in [0.2, 0.25) is 0 Å². The van der Waals surface area contributed by atoms with E-state index < -0.39 is 0 Å². The molecule has 0 spiro atoms. The van der Waals surface area contributed by atoms with Gasteiger partial charge in [0.1, 0.15) is 5.52 Å². The lowest BCUT2D eigenvalue weighted by molar-refractivity contribution is 0.502. The van der Waals surface area contributed by atoms with Crippen LogP contribution in [-0.4, -0.2) is 4.98 Å². The normalized spacial score (nSPS) is 11.2. The zero-order chi connectivity index (χ0) is 14.0. The van der Waals surface area contributed by atoms with E-state index in [1.165, 1.54) is 57.8 Å². The lowest BCUT2D eigenvalue weighted by Gasteiger charge is -2.00. The Morgan fingerprint density at radius 2 is 1.50 bits per heavy atom. The van der Waals surface area contributed by atoms with Crippen molar-refractivity contribution in [3.05, 3.63) is 30.2 Å². The highest BCUT2D eigenvalue weighted by Gasteiger charge is 2.04. The predicted octanol–water partition coefficient (Wildman–Crippen LogP) is 5.90. The van der Waals surface area contributed by atoms with Crippen molar-refractivity contribution < 1.29 is 4.42 Å². The molecule has 1 heterocycles. The van der Waals surface area contributed by atoms with Gasteiger partial charge in [0, 0.05) is 6.42 Å². The minimum absolute atomic E-state index is 0.897. The molecule has 2 heteroatoms. The number of oxazole rings is 1. The SMILES string of the molecule is CCCCCCCCCCCc1nc2ccccc2o1. The molecule has 0 aliphatic heterocycles. The molecule has 2 rings (SSSR count). The van der Waals surface area contributed by atoms with Gasteiger partial charge in [0.15, 0.2) is 11.5 Å². The Bertz CT molecular complexity index is 456. The Kier molecular flexibility index (Phi) is 6.62. The third-order valence-corrected chi connectivity index (χ3v) is 3.83. The first-order chi connectivity index (χ1) is 9.90. The molecule has 0 atom stereocenters. The molecule has 0 N–H and O–H groups in total. The zero-order valence-corrected chi connectivity index (χ0v) is 12.7. The van der Waals surface area contributed by atoms with E-state index in [1.54, 1.807) is 0 Å². The van der Waals surface area contributed by atoms with E-state index in [1.807, 2.05) is 24.3 Å². The van der Waals surface area contributed by atoms with Crippen molar-refractivity contribution >= 4 is 11.1 Å². The number of benzene rings is 1. The summed E-state index contributed by atoms with van der Waals surface area (Å²) in [6.45, 7) is 2.27. The van der Waals surface area contributed by atoms with Crippen LogP contribution in [0.15, 0.2) is 28.7 Å². The standard InChI is InChI=1S/C18H27NO/c1-2-3-4-5-6-7-8-9-10-15-18-19-16-13-11-12-14-17(16)20-18/h11-14H,2-10,15H2,1H3. The molecule has 0 fully saturated rings. The minimum atomic E-state index is 0.897. The molecule has 0 radical (unpaired) electrons. The Hall–Kier alpha value is -1.31. The van der Waals surface area contributed by atoms with Gasteiger partial charge in [0.25, 0.3) is 0 Å². The number of nitrogens with zero attached hydrogens (tertiary/aromatic N) is 1. The fourth-order valence-corrected chi connectivity index (χ4v) is 2.61. The van der Waals surface area contributed by atoms with Crippen LogP contribution in [0.1, 0.15) is 70.6 Å². The highest BCUT2D eigenvalue weighted by atomic mass is 16.3. The number of fused-ring (bicyclic) bond motifs is 1. The molecule has 1 aromatic heterocycles. The fraction of sp³-hybridized carbons (Fsp3) is 0.611. The van der Waals surface area contributed by atoms with Crippen molar-refractivity contribution in [2.24, 2.45) is 0 Å². The van der Waals surface area contributed by atoms with Crippen LogP contribution in [0.25, 0.3) is 11.1 Å². The van der Waals surface area contributed by atoms with Gasteiger partial charge in [-0.2, -0.15) is 0 Å². The highest BCUT2D eigenvalue weighted by molar-refractivity contribution is 5.72. The van der Waals surface area contributed by atoms with Crippen LogP contribution < -0.4 is 0 Å². The van der Waals surface area contributed by atoms with Gasteiger partial charge in [-0.15, -0.1) is 0 Å². The van der Waals surface area contributed by atoms with E-state index in [4.69, 9.17) is 4.42 Å². The van der Waals surface area contributed by atoms with Crippen LogP contribution in [0.4, 0.5) is 0 Å². The third-order valence-electron chi connectivity index (χ3n) is 3.83. The van der Waals surface area contributed by atoms with Gasteiger partial charge >= 0.3 is 0 Å². The topological polar surface area (TPSA) is 26.0 Å². The Morgan fingerprint density at radius 1 is 0.850 bits per heavy atom. The molecule has 2 nitrogen and oxygen atoms in total. The summed E-state index contributed by atoms with van der Waals surface area (Å²) >= 11 is 0. The maximum absolute atomic E-state index is 5.73. The van der Waals surface area contributed by atoms with E-state index in [9.17, 15) is 0 Å². The van der Waals surface area contributed by atoms with E-state index in [2.05, 4.69) is 11.9 Å². The van der Waals surface area contributed by atoms with Crippen LogP contribution in [0.2, 0.25) is 0 Å². The molecular weight excluding hydrogens is 246 g/mol. The summed E-state index contributed by atoms with van der Waals surface area (Å²) in [5.41, 5.74) is 1.90. The number of rotatable bonds is 10. The number of hydrogen-bond acceptors (Lipinski definition) is 2.